The summed E-state index contributed by atoms with van der Waals surface area (Å²) in [6.07, 6.45) is 3.46. The summed E-state index contributed by atoms with van der Waals surface area (Å²) >= 11 is 0. The zero-order chi connectivity index (χ0) is 10.7. The molecule has 1 aliphatic heterocycles. The van der Waals surface area contributed by atoms with Crippen molar-refractivity contribution in [1.82, 2.24) is 5.32 Å². The molecule has 0 bridgehead atoms. The van der Waals surface area contributed by atoms with Crippen LogP contribution in [0.3, 0.4) is 0 Å². The molecular weight excluding hydrogens is 189 g/mol. The summed E-state index contributed by atoms with van der Waals surface area (Å²) in [5, 5.41) is 3.36. The van der Waals surface area contributed by atoms with Gasteiger partial charge in [0, 0.05) is 0 Å². The molecule has 1 unspecified atom stereocenters. The highest BCUT2D eigenvalue weighted by Gasteiger charge is 2.14. The highest BCUT2D eigenvalue weighted by molar-refractivity contribution is 5.26. The highest BCUT2D eigenvalue weighted by atomic mass is 19.1. The standard InChI is InChI=1S/C13H18FN/c1-10-2-5-13(14)8-12(10)4-3-11-6-7-15-9-11/h2,5,8,11,15H,3-4,6-7,9H2,1H3. The molecule has 0 spiro atoms. The molecule has 1 saturated heterocycles. The molecule has 0 saturated carbocycles. The molecule has 1 aliphatic rings. The Morgan fingerprint density at radius 3 is 3.07 bits per heavy atom. The van der Waals surface area contributed by atoms with Crippen molar-refractivity contribution >= 4 is 0 Å². The van der Waals surface area contributed by atoms with E-state index in [-0.39, 0.29) is 5.82 Å². The predicted molar refractivity (Wildman–Crippen MR) is 60.4 cm³/mol. The van der Waals surface area contributed by atoms with Gasteiger partial charge < -0.3 is 5.32 Å². The maximum absolute atomic E-state index is 13.0. The molecule has 82 valence electrons. The molecule has 0 amide bonds. The zero-order valence-electron chi connectivity index (χ0n) is 9.22. The van der Waals surface area contributed by atoms with Gasteiger partial charge in [0.05, 0.1) is 0 Å². The first-order valence-corrected chi connectivity index (χ1v) is 5.71. The summed E-state index contributed by atoms with van der Waals surface area (Å²) in [4.78, 5) is 0. The predicted octanol–water partition coefficient (Wildman–Crippen LogP) is 2.68. The molecule has 15 heavy (non-hydrogen) atoms. The van der Waals surface area contributed by atoms with Gasteiger partial charge in [0.2, 0.25) is 0 Å². The first-order valence-electron chi connectivity index (χ1n) is 5.71. The number of rotatable bonds is 3. The van der Waals surface area contributed by atoms with Crippen LogP contribution in [0.1, 0.15) is 24.0 Å². The Kier molecular flexibility index (Phi) is 3.37. The summed E-state index contributed by atoms with van der Waals surface area (Å²) in [6, 6.07) is 5.09. The Bertz CT molecular complexity index is 329. The van der Waals surface area contributed by atoms with Gasteiger partial charge in [-0.2, -0.15) is 0 Å². The second-order valence-electron chi connectivity index (χ2n) is 4.47. The number of hydrogen-bond donors (Lipinski definition) is 1. The fourth-order valence-electron chi connectivity index (χ4n) is 2.23. The topological polar surface area (TPSA) is 12.0 Å². The van der Waals surface area contributed by atoms with Gasteiger partial charge in [-0.3, -0.25) is 0 Å². The third-order valence-corrected chi connectivity index (χ3v) is 3.30. The summed E-state index contributed by atoms with van der Waals surface area (Å²) < 4.78 is 13.0. The number of hydrogen-bond acceptors (Lipinski definition) is 1. The SMILES string of the molecule is Cc1ccc(F)cc1CCC1CCNC1. The Balaban J connectivity index is 1.94. The van der Waals surface area contributed by atoms with Gasteiger partial charge in [0.1, 0.15) is 5.82 Å². The molecular formula is C13H18FN. The molecule has 1 atom stereocenters. The summed E-state index contributed by atoms with van der Waals surface area (Å²) in [5.74, 6) is 0.674. The van der Waals surface area contributed by atoms with Gasteiger partial charge in [-0.05, 0) is 68.5 Å². The van der Waals surface area contributed by atoms with Crippen molar-refractivity contribution in [2.75, 3.05) is 13.1 Å². The smallest absolute Gasteiger partial charge is 0.123 e. The van der Waals surface area contributed by atoms with Crippen LogP contribution in [0.4, 0.5) is 4.39 Å². The van der Waals surface area contributed by atoms with Gasteiger partial charge >= 0.3 is 0 Å². The molecule has 1 nitrogen and oxygen atoms in total. The molecule has 1 aromatic rings. The van der Waals surface area contributed by atoms with Crippen LogP contribution in [0.2, 0.25) is 0 Å². The minimum absolute atomic E-state index is 0.111. The van der Waals surface area contributed by atoms with Crippen molar-refractivity contribution in [3.63, 3.8) is 0 Å². The molecule has 0 radical (unpaired) electrons. The van der Waals surface area contributed by atoms with E-state index in [0.29, 0.717) is 0 Å². The van der Waals surface area contributed by atoms with E-state index in [9.17, 15) is 4.39 Å². The minimum atomic E-state index is -0.111. The normalized spacial score (nSPS) is 20.8. The van der Waals surface area contributed by atoms with E-state index in [4.69, 9.17) is 0 Å². The lowest BCUT2D eigenvalue weighted by Gasteiger charge is -2.10. The monoisotopic (exact) mass is 207 g/mol. The van der Waals surface area contributed by atoms with Gasteiger partial charge in [0.15, 0.2) is 0 Å². The number of halogens is 1. The number of nitrogens with one attached hydrogen (secondary N) is 1. The first kappa shape index (κ1) is 10.6. The quantitative estimate of drug-likeness (QED) is 0.803. The Hall–Kier alpha value is -0.890. The maximum Gasteiger partial charge on any atom is 0.123 e. The summed E-state index contributed by atoms with van der Waals surface area (Å²) in [7, 11) is 0. The van der Waals surface area contributed by atoms with E-state index < -0.39 is 0 Å². The van der Waals surface area contributed by atoms with Crippen LogP contribution < -0.4 is 5.32 Å². The van der Waals surface area contributed by atoms with Crippen molar-refractivity contribution in [2.45, 2.75) is 26.2 Å². The molecule has 2 heteroatoms. The summed E-state index contributed by atoms with van der Waals surface area (Å²) in [5.41, 5.74) is 2.38. The van der Waals surface area contributed by atoms with E-state index in [1.165, 1.54) is 30.0 Å². The van der Waals surface area contributed by atoms with E-state index in [1.54, 1.807) is 6.07 Å². The molecule has 1 aromatic carbocycles. The van der Waals surface area contributed by atoms with E-state index >= 15 is 0 Å². The number of benzene rings is 1. The van der Waals surface area contributed by atoms with Gasteiger partial charge in [-0.1, -0.05) is 6.07 Å². The highest BCUT2D eigenvalue weighted by Crippen LogP contribution is 2.18. The van der Waals surface area contributed by atoms with E-state index in [1.807, 2.05) is 6.07 Å². The molecule has 2 rings (SSSR count). The van der Waals surface area contributed by atoms with Crippen LogP contribution in [0.15, 0.2) is 18.2 Å². The van der Waals surface area contributed by atoms with Crippen LogP contribution >= 0.6 is 0 Å². The fraction of sp³-hybridized carbons (Fsp3) is 0.538. The minimum Gasteiger partial charge on any atom is -0.316 e. The molecule has 0 aliphatic carbocycles. The van der Waals surface area contributed by atoms with Crippen molar-refractivity contribution in [1.29, 1.82) is 0 Å². The summed E-state index contributed by atoms with van der Waals surface area (Å²) in [6.45, 7) is 4.34. The van der Waals surface area contributed by atoms with Crippen LogP contribution in [-0.2, 0) is 6.42 Å². The Morgan fingerprint density at radius 1 is 1.47 bits per heavy atom. The second-order valence-corrected chi connectivity index (χ2v) is 4.47. The number of aryl methyl sites for hydroxylation is 2. The lowest BCUT2D eigenvalue weighted by atomic mass is 9.96. The third kappa shape index (κ3) is 2.78. The van der Waals surface area contributed by atoms with Gasteiger partial charge in [-0.15, -0.1) is 0 Å². The van der Waals surface area contributed by atoms with Crippen LogP contribution in [0, 0.1) is 18.7 Å². The lowest BCUT2D eigenvalue weighted by molar-refractivity contribution is 0.530. The van der Waals surface area contributed by atoms with Crippen molar-refractivity contribution in [2.24, 2.45) is 5.92 Å². The Morgan fingerprint density at radius 2 is 2.33 bits per heavy atom. The first-order chi connectivity index (χ1) is 7.25. The Labute approximate surface area is 90.7 Å². The molecule has 1 fully saturated rings. The fourth-order valence-corrected chi connectivity index (χ4v) is 2.23. The van der Waals surface area contributed by atoms with Crippen molar-refractivity contribution in [3.05, 3.63) is 35.1 Å². The third-order valence-electron chi connectivity index (χ3n) is 3.30. The zero-order valence-corrected chi connectivity index (χ0v) is 9.22. The van der Waals surface area contributed by atoms with Crippen LogP contribution in [0.5, 0.6) is 0 Å². The van der Waals surface area contributed by atoms with Gasteiger partial charge in [0.25, 0.3) is 0 Å². The average Bonchev–Trinajstić information content (AvgIpc) is 2.72. The molecule has 0 aromatic heterocycles. The second kappa shape index (κ2) is 4.75. The molecule has 1 heterocycles. The van der Waals surface area contributed by atoms with Gasteiger partial charge in [-0.25, -0.2) is 4.39 Å². The van der Waals surface area contributed by atoms with Crippen LogP contribution in [0.25, 0.3) is 0 Å². The maximum atomic E-state index is 13.0. The van der Waals surface area contributed by atoms with E-state index in [2.05, 4.69) is 12.2 Å². The molecule has 1 N–H and O–H groups in total. The van der Waals surface area contributed by atoms with E-state index in [0.717, 1.165) is 25.4 Å². The largest absolute Gasteiger partial charge is 0.316 e. The lowest BCUT2D eigenvalue weighted by Crippen LogP contribution is -2.09. The van der Waals surface area contributed by atoms with Crippen molar-refractivity contribution in [3.8, 4) is 0 Å². The van der Waals surface area contributed by atoms with Crippen LogP contribution in [-0.4, -0.2) is 13.1 Å². The average molecular weight is 207 g/mol. The van der Waals surface area contributed by atoms with Crippen molar-refractivity contribution < 1.29 is 4.39 Å².